The molecule has 2 aliphatic heterocycles. The molecule has 3 heteroatoms. The zero-order valence-electron chi connectivity index (χ0n) is 13.4. The number of nitrogens with zero attached hydrogens (tertiary/aromatic N) is 2. The highest BCUT2D eigenvalue weighted by Crippen LogP contribution is 2.32. The standard InChI is InChI=1S/C21H18N2O/c24-21-20(22-18-14-8-3-9-15-23(18)21)19(16-10-4-1-5-11-16)17-12-6-2-7-13-17/h1-2,4-8,10-14H,3,9,15H2. The summed E-state index contributed by atoms with van der Waals surface area (Å²) in [7, 11) is 0. The van der Waals surface area contributed by atoms with E-state index in [4.69, 9.17) is 4.99 Å². The monoisotopic (exact) mass is 314 g/mol. The van der Waals surface area contributed by atoms with Crippen LogP contribution in [-0.4, -0.2) is 23.2 Å². The summed E-state index contributed by atoms with van der Waals surface area (Å²) in [6.45, 7) is 0.727. The maximum absolute atomic E-state index is 13.0. The van der Waals surface area contributed by atoms with Crippen molar-refractivity contribution in [2.45, 2.75) is 12.8 Å². The Hall–Kier alpha value is -2.94. The first-order valence-electron chi connectivity index (χ1n) is 8.27. The lowest BCUT2D eigenvalue weighted by Crippen LogP contribution is -2.31. The maximum atomic E-state index is 13.0. The number of amides is 1. The van der Waals surface area contributed by atoms with Crippen LogP contribution < -0.4 is 0 Å². The summed E-state index contributed by atoms with van der Waals surface area (Å²) in [6.07, 6.45) is 6.03. The number of fused-ring (bicyclic) bond motifs is 1. The number of hydrogen-bond acceptors (Lipinski definition) is 2. The number of rotatable bonds is 2. The van der Waals surface area contributed by atoms with Crippen LogP contribution in [0.4, 0.5) is 0 Å². The number of aliphatic imine (C=N–C) groups is 1. The Kier molecular flexibility index (Phi) is 3.83. The van der Waals surface area contributed by atoms with Crippen molar-refractivity contribution in [1.29, 1.82) is 0 Å². The van der Waals surface area contributed by atoms with Gasteiger partial charge in [-0.3, -0.25) is 9.69 Å². The van der Waals surface area contributed by atoms with E-state index in [-0.39, 0.29) is 5.91 Å². The van der Waals surface area contributed by atoms with Gasteiger partial charge in [0.25, 0.3) is 5.91 Å². The Morgan fingerprint density at radius 3 is 2.17 bits per heavy atom. The summed E-state index contributed by atoms with van der Waals surface area (Å²) in [4.78, 5) is 19.5. The van der Waals surface area contributed by atoms with E-state index in [1.54, 1.807) is 4.90 Å². The van der Waals surface area contributed by atoms with E-state index in [0.717, 1.165) is 41.9 Å². The number of allylic oxidation sites excluding steroid dienone is 1. The summed E-state index contributed by atoms with van der Waals surface area (Å²) < 4.78 is 0. The van der Waals surface area contributed by atoms with Crippen molar-refractivity contribution in [2.75, 3.05) is 6.54 Å². The molecule has 2 heterocycles. The van der Waals surface area contributed by atoms with Gasteiger partial charge >= 0.3 is 0 Å². The predicted octanol–water partition coefficient (Wildman–Crippen LogP) is 4.04. The van der Waals surface area contributed by atoms with E-state index in [1.165, 1.54) is 0 Å². The van der Waals surface area contributed by atoms with Gasteiger partial charge in [0.1, 0.15) is 11.5 Å². The fraction of sp³-hybridized carbons (Fsp3) is 0.143. The molecule has 0 saturated heterocycles. The maximum Gasteiger partial charge on any atom is 0.278 e. The molecule has 0 unspecified atom stereocenters. The Bertz CT molecular complexity index is 806. The Morgan fingerprint density at radius 2 is 1.54 bits per heavy atom. The molecule has 0 bridgehead atoms. The second kappa shape index (κ2) is 6.28. The van der Waals surface area contributed by atoms with Gasteiger partial charge in [-0.15, -0.1) is 0 Å². The first-order valence-corrected chi connectivity index (χ1v) is 8.27. The lowest BCUT2D eigenvalue weighted by molar-refractivity contribution is -0.122. The minimum atomic E-state index is -0.000689. The van der Waals surface area contributed by atoms with Crippen LogP contribution in [0.3, 0.4) is 0 Å². The van der Waals surface area contributed by atoms with Gasteiger partial charge in [-0.1, -0.05) is 66.7 Å². The third-order valence-electron chi connectivity index (χ3n) is 4.33. The normalized spacial score (nSPS) is 16.7. The van der Waals surface area contributed by atoms with Gasteiger partial charge in [0.15, 0.2) is 0 Å². The summed E-state index contributed by atoms with van der Waals surface area (Å²) in [5.41, 5.74) is 3.46. The highest BCUT2D eigenvalue weighted by Gasteiger charge is 2.32. The Balaban J connectivity index is 1.93. The number of amidine groups is 1. The molecular weight excluding hydrogens is 296 g/mol. The minimum Gasteiger partial charge on any atom is -0.291 e. The van der Waals surface area contributed by atoms with Gasteiger partial charge in [0.2, 0.25) is 0 Å². The summed E-state index contributed by atoms with van der Waals surface area (Å²) in [5.74, 6) is 0.760. The molecule has 0 atom stereocenters. The van der Waals surface area contributed by atoms with Crippen LogP contribution >= 0.6 is 0 Å². The molecule has 0 N–H and O–H groups in total. The Morgan fingerprint density at radius 1 is 0.917 bits per heavy atom. The third kappa shape index (κ3) is 2.58. The molecule has 1 amide bonds. The number of benzene rings is 2. The minimum absolute atomic E-state index is 0.000689. The molecule has 2 aliphatic rings. The lowest BCUT2D eigenvalue weighted by atomic mass is 9.96. The average Bonchev–Trinajstić information content (AvgIpc) is 2.80. The van der Waals surface area contributed by atoms with Crippen LogP contribution in [0, 0.1) is 0 Å². The molecule has 118 valence electrons. The second-order valence-corrected chi connectivity index (χ2v) is 5.93. The van der Waals surface area contributed by atoms with Gasteiger partial charge in [-0.05, 0) is 30.0 Å². The van der Waals surface area contributed by atoms with Crippen molar-refractivity contribution in [3.8, 4) is 0 Å². The second-order valence-electron chi connectivity index (χ2n) is 5.93. The molecule has 0 radical (unpaired) electrons. The van der Waals surface area contributed by atoms with Crippen molar-refractivity contribution in [3.05, 3.63) is 89.6 Å². The van der Waals surface area contributed by atoms with Crippen molar-refractivity contribution in [3.63, 3.8) is 0 Å². The van der Waals surface area contributed by atoms with E-state index >= 15 is 0 Å². The highest BCUT2D eigenvalue weighted by molar-refractivity contribution is 6.20. The van der Waals surface area contributed by atoms with E-state index < -0.39 is 0 Å². The lowest BCUT2D eigenvalue weighted by Gasteiger charge is -2.15. The molecule has 2 aromatic carbocycles. The molecule has 0 aliphatic carbocycles. The summed E-state index contributed by atoms with van der Waals surface area (Å²) in [5, 5.41) is 0. The molecule has 4 rings (SSSR count). The highest BCUT2D eigenvalue weighted by atomic mass is 16.2. The van der Waals surface area contributed by atoms with Gasteiger partial charge in [-0.25, -0.2) is 4.99 Å². The third-order valence-corrected chi connectivity index (χ3v) is 4.33. The van der Waals surface area contributed by atoms with Crippen LogP contribution in [0.1, 0.15) is 24.0 Å². The van der Waals surface area contributed by atoms with Gasteiger partial charge in [0.05, 0.1) is 0 Å². The summed E-state index contributed by atoms with van der Waals surface area (Å²) in [6, 6.07) is 20.0. The smallest absolute Gasteiger partial charge is 0.278 e. The molecule has 0 saturated carbocycles. The zero-order valence-corrected chi connectivity index (χ0v) is 13.4. The zero-order chi connectivity index (χ0) is 16.4. The van der Waals surface area contributed by atoms with Crippen LogP contribution in [0.5, 0.6) is 0 Å². The van der Waals surface area contributed by atoms with Crippen LogP contribution in [0.15, 0.2) is 83.5 Å². The van der Waals surface area contributed by atoms with Crippen molar-refractivity contribution >= 4 is 17.3 Å². The SMILES string of the molecule is O=C1C(=C(c2ccccc2)c2ccccc2)N=C2C=CCCCN12. The van der Waals surface area contributed by atoms with Crippen molar-refractivity contribution in [1.82, 2.24) is 4.90 Å². The van der Waals surface area contributed by atoms with E-state index in [2.05, 4.69) is 6.08 Å². The molecule has 2 aromatic rings. The number of hydrogen-bond donors (Lipinski definition) is 0. The fourth-order valence-corrected chi connectivity index (χ4v) is 3.17. The van der Waals surface area contributed by atoms with Gasteiger partial charge in [-0.2, -0.15) is 0 Å². The number of carbonyl (C=O) groups excluding carboxylic acids is 1. The topological polar surface area (TPSA) is 32.7 Å². The van der Waals surface area contributed by atoms with E-state index in [1.807, 2.05) is 66.7 Å². The molecule has 24 heavy (non-hydrogen) atoms. The van der Waals surface area contributed by atoms with Crippen LogP contribution in [-0.2, 0) is 4.79 Å². The number of carbonyl (C=O) groups is 1. The van der Waals surface area contributed by atoms with Crippen molar-refractivity contribution < 1.29 is 4.79 Å². The molecular formula is C21H18N2O. The molecule has 0 aromatic heterocycles. The molecule has 0 spiro atoms. The van der Waals surface area contributed by atoms with E-state index in [9.17, 15) is 4.79 Å². The molecule has 3 nitrogen and oxygen atoms in total. The van der Waals surface area contributed by atoms with E-state index in [0.29, 0.717) is 5.70 Å². The average molecular weight is 314 g/mol. The van der Waals surface area contributed by atoms with Crippen molar-refractivity contribution in [2.24, 2.45) is 4.99 Å². The predicted molar refractivity (Wildman–Crippen MR) is 96.4 cm³/mol. The first kappa shape index (κ1) is 14.6. The first-order chi connectivity index (χ1) is 11.8. The van der Waals surface area contributed by atoms with Gasteiger partial charge in [0, 0.05) is 12.1 Å². The Labute approximate surface area is 141 Å². The molecule has 0 fully saturated rings. The largest absolute Gasteiger partial charge is 0.291 e. The quantitative estimate of drug-likeness (QED) is 0.770. The summed E-state index contributed by atoms with van der Waals surface area (Å²) >= 11 is 0. The van der Waals surface area contributed by atoms with Crippen LogP contribution in [0.25, 0.3) is 5.57 Å². The van der Waals surface area contributed by atoms with Crippen LogP contribution in [0.2, 0.25) is 0 Å². The fourth-order valence-electron chi connectivity index (χ4n) is 3.17. The van der Waals surface area contributed by atoms with Gasteiger partial charge < -0.3 is 0 Å².